The van der Waals surface area contributed by atoms with Crippen LogP contribution in [-0.4, -0.2) is 10.2 Å². The van der Waals surface area contributed by atoms with Crippen LogP contribution in [0.2, 0.25) is 0 Å². The van der Waals surface area contributed by atoms with E-state index in [9.17, 15) is 0 Å². The summed E-state index contributed by atoms with van der Waals surface area (Å²) in [6.07, 6.45) is 3.52. The van der Waals surface area contributed by atoms with Gasteiger partial charge in [0.2, 0.25) is 0 Å². The van der Waals surface area contributed by atoms with Crippen molar-refractivity contribution in [1.82, 2.24) is 15.1 Å². The highest BCUT2D eigenvalue weighted by Crippen LogP contribution is 2.08. The van der Waals surface area contributed by atoms with Gasteiger partial charge in [-0.25, -0.2) is 0 Å². The van der Waals surface area contributed by atoms with Gasteiger partial charge in [-0.1, -0.05) is 24.3 Å². The Morgan fingerprint density at radius 3 is 1.85 bits per heavy atom. The monoisotopic (exact) mass is 196 g/mol. The van der Waals surface area contributed by atoms with E-state index in [1.165, 1.54) is 0 Å². The molecular formula is C8H9ClN4. The lowest BCUT2D eigenvalue weighted by Crippen LogP contribution is -2.05. The minimum Gasteiger partial charge on any atom is -0.257 e. The molecule has 0 aliphatic rings. The molecule has 2 rings (SSSR count). The Morgan fingerprint density at radius 2 is 1.46 bits per heavy atom. The normalized spacial score (nSPS) is 9.08. The Labute approximate surface area is 80.8 Å². The number of aromatic nitrogens is 2. The van der Waals surface area contributed by atoms with E-state index in [-0.39, 0.29) is 0 Å². The maximum atomic E-state index is 4.53. The van der Waals surface area contributed by atoms with Crippen molar-refractivity contribution in [2.45, 2.75) is 0 Å². The molecule has 0 saturated carbocycles. The van der Waals surface area contributed by atoms with Crippen LogP contribution in [0.1, 0.15) is 0 Å². The first-order valence-electron chi connectivity index (χ1n) is 3.60. The summed E-state index contributed by atoms with van der Waals surface area (Å²) in [6.45, 7) is 0. The van der Waals surface area contributed by atoms with Gasteiger partial charge in [-0.05, 0) is 11.8 Å². The van der Waals surface area contributed by atoms with Crippen LogP contribution in [0, 0.1) is 0 Å². The van der Waals surface area contributed by atoms with Gasteiger partial charge in [-0.2, -0.15) is 15.1 Å². The highest BCUT2D eigenvalue weighted by molar-refractivity contribution is 6.12. The Morgan fingerprint density at radius 1 is 1.08 bits per heavy atom. The topological polar surface area (TPSA) is 63.8 Å². The number of nitrogens with one attached hydrogen (secondary N) is 1. The Hall–Kier alpha value is -1.23. The molecule has 1 aromatic carbocycles. The summed E-state index contributed by atoms with van der Waals surface area (Å²) in [7, 11) is 0. The number of benzene rings is 1. The minimum absolute atomic E-state index is 1.14. The molecule has 0 aliphatic heterocycles. The standard InChI is InChI=1S/C8H6N2.ClH3N2/c1-2-4-8-6-10-9-5-7(8)3-1;1-3-2/h1-6H;3H,2H2. The van der Waals surface area contributed by atoms with Gasteiger partial charge in [0.15, 0.2) is 0 Å². The lowest BCUT2D eigenvalue weighted by Gasteiger charge is -1.90. The van der Waals surface area contributed by atoms with Crippen molar-refractivity contribution < 1.29 is 0 Å². The van der Waals surface area contributed by atoms with Gasteiger partial charge in [0.05, 0.1) is 12.4 Å². The van der Waals surface area contributed by atoms with Crippen molar-refractivity contribution in [2.24, 2.45) is 5.84 Å². The van der Waals surface area contributed by atoms with E-state index < -0.39 is 0 Å². The molecule has 0 bridgehead atoms. The smallest absolute Gasteiger partial charge is 0.0574 e. The average Bonchev–Trinajstić information content (AvgIpc) is 2.19. The summed E-state index contributed by atoms with van der Waals surface area (Å²) < 4.78 is 0. The van der Waals surface area contributed by atoms with Crippen molar-refractivity contribution >= 4 is 22.5 Å². The molecule has 1 heterocycles. The maximum absolute atomic E-state index is 4.53. The van der Waals surface area contributed by atoms with E-state index in [2.05, 4.69) is 27.8 Å². The van der Waals surface area contributed by atoms with E-state index in [1.807, 2.05) is 24.3 Å². The van der Waals surface area contributed by atoms with Gasteiger partial charge >= 0.3 is 0 Å². The zero-order valence-corrected chi connectivity index (χ0v) is 7.57. The van der Waals surface area contributed by atoms with Crippen LogP contribution >= 0.6 is 11.8 Å². The van der Waals surface area contributed by atoms with Crippen LogP contribution in [-0.2, 0) is 0 Å². The third-order valence-corrected chi connectivity index (χ3v) is 1.46. The van der Waals surface area contributed by atoms with E-state index >= 15 is 0 Å². The highest BCUT2D eigenvalue weighted by atomic mass is 35.5. The van der Waals surface area contributed by atoms with Crippen molar-refractivity contribution in [3.8, 4) is 0 Å². The van der Waals surface area contributed by atoms with Gasteiger partial charge in [0, 0.05) is 10.8 Å². The molecule has 4 nitrogen and oxygen atoms in total. The largest absolute Gasteiger partial charge is 0.257 e. The second-order valence-corrected chi connectivity index (χ2v) is 2.45. The summed E-state index contributed by atoms with van der Waals surface area (Å²) in [5.41, 5.74) is 0. The van der Waals surface area contributed by atoms with Crippen LogP contribution in [0.3, 0.4) is 0 Å². The fourth-order valence-corrected chi connectivity index (χ4v) is 0.937. The highest BCUT2D eigenvalue weighted by Gasteiger charge is 1.87. The molecule has 68 valence electrons. The van der Waals surface area contributed by atoms with Crippen molar-refractivity contribution in [3.05, 3.63) is 36.7 Å². The van der Waals surface area contributed by atoms with E-state index in [0.29, 0.717) is 0 Å². The van der Waals surface area contributed by atoms with Gasteiger partial charge in [0.1, 0.15) is 0 Å². The molecule has 0 unspecified atom stereocenters. The molecule has 0 amide bonds. The molecule has 0 radical (unpaired) electrons. The van der Waals surface area contributed by atoms with E-state index in [1.54, 1.807) is 17.3 Å². The van der Waals surface area contributed by atoms with Crippen LogP contribution in [0.4, 0.5) is 0 Å². The lowest BCUT2D eigenvalue weighted by atomic mass is 10.2. The SMILES string of the molecule is NNCl.c1ccc2cnncc2c1. The number of rotatable bonds is 0. The number of hydrogen-bond acceptors (Lipinski definition) is 4. The number of nitrogens with zero attached hydrogens (tertiary/aromatic N) is 2. The first-order chi connectivity index (χ1) is 6.38. The van der Waals surface area contributed by atoms with Crippen molar-refractivity contribution in [2.75, 3.05) is 0 Å². The number of hydrogen-bond donors (Lipinski definition) is 2. The van der Waals surface area contributed by atoms with Crippen molar-refractivity contribution in [1.29, 1.82) is 0 Å². The number of halogens is 1. The van der Waals surface area contributed by atoms with E-state index in [0.717, 1.165) is 10.8 Å². The van der Waals surface area contributed by atoms with Crippen LogP contribution < -0.4 is 10.8 Å². The molecule has 0 saturated heterocycles. The van der Waals surface area contributed by atoms with Gasteiger partial charge in [-0.3, -0.25) is 5.84 Å². The van der Waals surface area contributed by atoms with Gasteiger partial charge < -0.3 is 0 Å². The lowest BCUT2D eigenvalue weighted by molar-refractivity contribution is 1.05. The van der Waals surface area contributed by atoms with Crippen LogP contribution in [0.25, 0.3) is 10.8 Å². The third-order valence-electron chi connectivity index (χ3n) is 1.46. The molecule has 0 spiro atoms. The molecule has 0 fully saturated rings. The summed E-state index contributed by atoms with van der Waals surface area (Å²) in [5.74, 6) is 4.36. The molecule has 0 aliphatic carbocycles. The first kappa shape index (κ1) is 9.85. The fraction of sp³-hybridized carbons (Fsp3) is 0. The number of nitrogens with two attached hydrogens (primary N) is 1. The number of hydrazine groups is 1. The Bertz CT molecular complexity index is 300. The maximum Gasteiger partial charge on any atom is 0.0574 e. The average molecular weight is 197 g/mol. The molecule has 13 heavy (non-hydrogen) atoms. The fourth-order valence-electron chi connectivity index (χ4n) is 0.937. The summed E-state index contributed by atoms with van der Waals surface area (Å²) in [4.78, 5) is 1.72. The zero-order chi connectivity index (χ0) is 9.52. The van der Waals surface area contributed by atoms with Crippen LogP contribution in [0.5, 0.6) is 0 Å². The molecular weight excluding hydrogens is 188 g/mol. The molecule has 5 heteroatoms. The third kappa shape index (κ3) is 2.95. The molecule has 0 atom stereocenters. The second-order valence-electron chi connectivity index (χ2n) is 2.23. The summed E-state index contributed by atoms with van der Waals surface area (Å²) in [5, 5.41) is 9.80. The molecule has 3 N–H and O–H groups in total. The summed E-state index contributed by atoms with van der Waals surface area (Å²) in [6, 6.07) is 8.02. The van der Waals surface area contributed by atoms with Gasteiger partial charge in [-0.15, -0.1) is 0 Å². The summed E-state index contributed by atoms with van der Waals surface area (Å²) >= 11 is 4.53. The predicted molar refractivity (Wildman–Crippen MR) is 52.7 cm³/mol. The second kappa shape index (κ2) is 5.42. The van der Waals surface area contributed by atoms with Crippen LogP contribution in [0.15, 0.2) is 36.7 Å². The minimum atomic E-state index is 1.14. The number of fused-ring (bicyclic) bond motifs is 1. The first-order valence-corrected chi connectivity index (χ1v) is 3.98. The van der Waals surface area contributed by atoms with E-state index in [4.69, 9.17) is 0 Å². The quantitative estimate of drug-likeness (QED) is 0.378. The Kier molecular flexibility index (Phi) is 4.11. The van der Waals surface area contributed by atoms with Gasteiger partial charge in [0.25, 0.3) is 0 Å². The predicted octanol–water partition coefficient (Wildman–Crippen LogP) is 1.23. The molecule has 1 aromatic heterocycles. The van der Waals surface area contributed by atoms with Crippen molar-refractivity contribution in [3.63, 3.8) is 0 Å². The zero-order valence-electron chi connectivity index (χ0n) is 6.81. The Balaban J connectivity index is 0.000000251. The molecule has 2 aromatic rings.